The number of aliphatic hydroxyl groups excluding tert-OH is 1. The number of epoxide rings is 1. The number of esters is 1. The van der Waals surface area contributed by atoms with E-state index in [1.807, 2.05) is 0 Å². The summed E-state index contributed by atoms with van der Waals surface area (Å²) in [4.78, 5) is 10.8. The van der Waals surface area contributed by atoms with Crippen molar-refractivity contribution in [2.75, 3.05) is 0 Å². The SMILES string of the molecule is CCCCC(OC(C)=O)C1(C)OC1O. The van der Waals surface area contributed by atoms with Crippen LogP contribution < -0.4 is 0 Å². The van der Waals surface area contributed by atoms with Gasteiger partial charge in [0.2, 0.25) is 0 Å². The van der Waals surface area contributed by atoms with Crippen molar-refractivity contribution in [3.8, 4) is 0 Å². The fraction of sp³-hybridized carbons (Fsp3) is 0.900. The summed E-state index contributed by atoms with van der Waals surface area (Å²) in [5, 5.41) is 9.25. The molecular weight excluding hydrogens is 184 g/mol. The maximum Gasteiger partial charge on any atom is 0.303 e. The molecule has 1 aliphatic rings. The molecule has 0 aromatic heterocycles. The van der Waals surface area contributed by atoms with E-state index in [1.165, 1.54) is 6.92 Å². The first-order valence-corrected chi connectivity index (χ1v) is 5.03. The van der Waals surface area contributed by atoms with Crippen LogP contribution in [0.15, 0.2) is 0 Å². The van der Waals surface area contributed by atoms with E-state index in [0.717, 1.165) is 19.3 Å². The first-order chi connectivity index (χ1) is 6.50. The number of carbonyl (C=O) groups excluding carboxylic acids is 1. The van der Waals surface area contributed by atoms with Crippen molar-refractivity contribution in [2.45, 2.75) is 58.0 Å². The molecule has 1 heterocycles. The zero-order chi connectivity index (χ0) is 10.8. The minimum absolute atomic E-state index is 0.324. The molecule has 0 spiro atoms. The molecule has 3 atom stereocenters. The van der Waals surface area contributed by atoms with Crippen molar-refractivity contribution < 1.29 is 19.4 Å². The Morgan fingerprint density at radius 2 is 2.29 bits per heavy atom. The monoisotopic (exact) mass is 202 g/mol. The Bertz CT molecular complexity index is 216. The van der Waals surface area contributed by atoms with Crippen LogP contribution in [0.25, 0.3) is 0 Å². The van der Waals surface area contributed by atoms with E-state index in [1.54, 1.807) is 6.92 Å². The highest BCUT2D eigenvalue weighted by Crippen LogP contribution is 2.40. The van der Waals surface area contributed by atoms with E-state index < -0.39 is 11.9 Å². The van der Waals surface area contributed by atoms with Crippen molar-refractivity contribution >= 4 is 5.97 Å². The summed E-state index contributed by atoms with van der Waals surface area (Å²) in [6.07, 6.45) is 1.62. The Hall–Kier alpha value is -0.610. The second-order valence-corrected chi connectivity index (χ2v) is 3.89. The minimum atomic E-state index is -0.788. The van der Waals surface area contributed by atoms with Crippen LogP contribution in [-0.2, 0) is 14.3 Å². The molecule has 4 heteroatoms. The smallest absolute Gasteiger partial charge is 0.303 e. The maximum absolute atomic E-state index is 10.8. The topological polar surface area (TPSA) is 59.1 Å². The molecule has 0 radical (unpaired) electrons. The molecule has 4 nitrogen and oxygen atoms in total. The van der Waals surface area contributed by atoms with Gasteiger partial charge in [0.25, 0.3) is 0 Å². The van der Waals surface area contributed by atoms with Gasteiger partial charge in [0, 0.05) is 6.92 Å². The van der Waals surface area contributed by atoms with Crippen molar-refractivity contribution in [1.29, 1.82) is 0 Å². The van der Waals surface area contributed by atoms with E-state index in [9.17, 15) is 9.90 Å². The number of hydrogen-bond donors (Lipinski definition) is 1. The van der Waals surface area contributed by atoms with Crippen LogP contribution in [0.1, 0.15) is 40.0 Å². The van der Waals surface area contributed by atoms with Gasteiger partial charge in [-0.05, 0) is 19.8 Å². The van der Waals surface area contributed by atoms with E-state index in [0.29, 0.717) is 0 Å². The van der Waals surface area contributed by atoms with Crippen LogP contribution in [0.2, 0.25) is 0 Å². The van der Waals surface area contributed by atoms with Crippen LogP contribution in [0.5, 0.6) is 0 Å². The van der Waals surface area contributed by atoms with Gasteiger partial charge in [-0.3, -0.25) is 4.79 Å². The highest BCUT2D eigenvalue weighted by molar-refractivity contribution is 5.66. The molecule has 1 rings (SSSR count). The van der Waals surface area contributed by atoms with Gasteiger partial charge in [-0.1, -0.05) is 13.3 Å². The molecule has 1 N–H and O–H groups in total. The third-order valence-corrected chi connectivity index (χ3v) is 2.57. The molecule has 0 aromatic carbocycles. The lowest BCUT2D eigenvalue weighted by Crippen LogP contribution is -2.33. The number of unbranched alkanes of at least 4 members (excludes halogenated alkanes) is 1. The zero-order valence-electron chi connectivity index (χ0n) is 8.95. The lowest BCUT2D eigenvalue weighted by Gasteiger charge is -2.20. The normalized spacial score (nSPS) is 32.4. The third kappa shape index (κ3) is 2.45. The maximum atomic E-state index is 10.8. The second kappa shape index (κ2) is 4.28. The number of aliphatic hydroxyl groups is 1. The molecule has 0 saturated carbocycles. The van der Waals surface area contributed by atoms with Gasteiger partial charge < -0.3 is 14.6 Å². The summed E-state index contributed by atoms with van der Waals surface area (Å²) in [6, 6.07) is 0. The molecule has 3 unspecified atom stereocenters. The highest BCUT2D eigenvalue weighted by atomic mass is 16.7. The van der Waals surface area contributed by atoms with Gasteiger partial charge in [-0.25, -0.2) is 0 Å². The summed E-state index contributed by atoms with van der Waals surface area (Å²) < 4.78 is 10.2. The van der Waals surface area contributed by atoms with Gasteiger partial charge in [0.15, 0.2) is 11.9 Å². The average Bonchev–Trinajstić information content (AvgIpc) is 2.69. The summed E-state index contributed by atoms with van der Waals surface area (Å²) in [7, 11) is 0. The first-order valence-electron chi connectivity index (χ1n) is 5.03. The molecule has 0 bridgehead atoms. The van der Waals surface area contributed by atoms with Gasteiger partial charge in [0.1, 0.15) is 6.10 Å². The molecular formula is C10H18O4. The molecule has 1 saturated heterocycles. The number of rotatable bonds is 5. The first kappa shape index (κ1) is 11.5. The Morgan fingerprint density at radius 3 is 2.64 bits per heavy atom. The fourth-order valence-electron chi connectivity index (χ4n) is 1.49. The molecule has 14 heavy (non-hydrogen) atoms. The number of carbonyl (C=O) groups is 1. The van der Waals surface area contributed by atoms with Crippen LogP contribution in [-0.4, -0.2) is 29.1 Å². The van der Waals surface area contributed by atoms with Crippen molar-refractivity contribution in [2.24, 2.45) is 0 Å². The van der Waals surface area contributed by atoms with Gasteiger partial charge >= 0.3 is 5.97 Å². The number of hydrogen-bond acceptors (Lipinski definition) is 4. The molecule has 1 fully saturated rings. The average molecular weight is 202 g/mol. The predicted octanol–water partition coefficient (Wildman–Crippen LogP) is 1.22. The van der Waals surface area contributed by atoms with Crippen molar-refractivity contribution in [1.82, 2.24) is 0 Å². The predicted molar refractivity (Wildman–Crippen MR) is 50.6 cm³/mol. The zero-order valence-corrected chi connectivity index (χ0v) is 8.95. The van der Waals surface area contributed by atoms with Crippen LogP contribution in [0, 0.1) is 0 Å². The van der Waals surface area contributed by atoms with Crippen LogP contribution >= 0.6 is 0 Å². The van der Waals surface area contributed by atoms with E-state index in [4.69, 9.17) is 9.47 Å². The Balaban J connectivity index is 2.49. The standard InChI is InChI=1S/C10H18O4/c1-4-5-6-8(13-7(2)11)10(3)9(12)14-10/h8-9,12H,4-6H2,1-3H3. The van der Waals surface area contributed by atoms with E-state index >= 15 is 0 Å². The van der Waals surface area contributed by atoms with Crippen LogP contribution in [0.3, 0.4) is 0 Å². The second-order valence-electron chi connectivity index (χ2n) is 3.89. The Labute approximate surface area is 84.2 Å². The van der Waals surface area contributed by atoms with Crippen molar-refractivity contribution in [3.05, 3.63) is 0 Å². The molecule has 0 amide bonds. The van der Waals surface area contributed by atoms with E-state index in [2.05, 4.69) is 6.92 Å². The van der Waals surface area contributed by atoms with Crippen LogP contribution in [0.4, 0.5) is 0 Å². The summed E-state index contributed by atoms with van der Waals surface area (Å²) in [6.45, 7) is 5.20. The molecule has 0 aromatic rings. The van der Waals surface area contributed by atoms with E-state index in [-0.39, 0.29) is 12.1 Å². The summed E-state index contributed by atoms with van der Waals surface area (Å²) >= 11 is 0. The lowest BCUT2D eigenvalue weighted by molar-refractivity contribution is -0.150. The summed E-state index contributed by atoms with van der Waals surface area (Å²) in [5.74, 6) is -0.324. The lowest BCUT2D eigenvalue weighted by atomic mass is 9.99. The van der Waals surface area contributed by atoms with Crippen molar-refractivity contribution in [3.63, 3.8) is 0 Å². The van der Waals surface area contributed by atoms with Gasteiger partial charge in [0.05, 0.1) is 0 Å². The molecule has 82 valence electrons. The largest absolute Gasteiger partial charge is 0.459 e. The highest BCUT2D eigenvalue weighted by Gasteiger charge is 2.58. The third-order valence-electron chi connectivity index (χ3n) is 2.57. The molecule has 0 aliphatic carbocycles. The molecule has 1 aliphatic heterocycles. The summed E-state index contributed by atoms with van der Waals surface area (Å²) in [5.41, 5.74) is -0.680. The van der Waals surface area contributed by atoms with Gasteiger partial charge in [-0.15, -0.1) is 0 Å². The Morgan fingerprint density at radius 1 is 1.71 bits per heavy atom. The quantitative estimate of drug-likeness (QED) is 0.538. The minimum Gasteiger partial charge on any atom is -0.459 e. The Kier molecular flexibility index (Phi) is 3.50. The fourth-order valence-corrected chi connectivity index (χ4v) is 1.49. The number of ether oxygens (including phenoxy) is 2. The van der Waals surface area contributed by atoms with Gasteiger partial charge in [-0.2, -0.15) is 0 Å².